The average Bonchev–Trinajstić information content (AvgIpc) is 2.74. The summed E-state index contributed by atoms with van der Waals surface area (Å²) in [5.74, 6) is 4.38. The maximum Gasteiger partial charge on any atom is 0.219 e. The van der Waals surface area contributed by atoms with Crippen molar-refractivity contribution in [1.29, 1.82) is 0 Å². The van der Waals surface area contributed by atoms with Crippen molar-refractivity contribution >= 4 is 19.5 Å². The molecule has 0 heterocycles. The van der Waals surface area contributed by atoms with E-state index in [-0.39, 0.29) is 0 Å². The van der Waals surface area contributed by atoms with Crippen molar-refractivity contribution in [2.45, 2.75) is 104 Å². The summed E-state index contributed by atoms with van der Waals surface area (Å²) in [5, 5.41) is 0. The Morgan fingerprint density at radius 1 is 0.562 bits per heavy atom. The van der Waals surface area contributed by atoms with Crippen LogP contribution in [-0.4, -0.2) is 19.5 Å². The lowest BCUT2D eigenvalue weighted by Gasteiger charge is -2.21. The van der Waals surface area contributed by atoms with Crippen molar-refractivity contribution in [3.63, 3.8) is 0 Å². The van der Waals surface area contributed by atoms with E-state index in [2.05, 4.69) is 91.8 Å². The van der Waals surface area contributed by atoms with Gasteiger partial charge in [-0.1, -0.05) is 92.5 Å². The van der Waals surface area contributed by atoms with E-state index in [0.29, 0.717) is 23.7 Å². The highest BCUT2D eigenvalue weighted by Crippen LogP contribution is 2.35. The highest BCUT2D eigenvalue weighted by atomic mass is 28.2. The van der Waals surface area contributed by atoms with E-state index in [9.17, 15) is 0 Å². The lowest BCUT2D eigenvalue weighted by Crippen LogP contribution is -2.09. The summed E-state index contributed by atoms with van der Waals surface area (Å²) >= 11 is 0. The highest BCUT2D eigenvalue weighted by molar-refractivity contribution is 6.29. The molecular weight excluding hydrogens is 424 g/mol. The summed E-state index contributed by atoms with van der Waals surface area (Å²) in [4.78, 5) is 0. The minimum Gasteiger partial charge on any atom is -0.549 e. The van der Waals surface area contributed by atoms with Gasteiger partial charge in [-0.2, -0.15) is 0 Å². The zero-order chi connectivity index (χ0) is 23.7. The average molecular weight is 471 g/mol. The van der Waals surface area contributed by atoms with Gasteiger partial charge >= 0.3 is 0 Å². The van der Waals surface area contributed by atoms with Crippen LogP contribution in [-0.2, 0) is 0 Å². The zero-order valence-electron chi connectivity index (χ0n) is 21.8. The van der Waals surface area contributed by atoms with Crippen molar-refractivity contribution in [3.8, 4) is 11.5 Å². The molecular formula is C28H46O2Si2. The molecule has 32 heavy (non-hydrogen) atoms. The molecule has 0 fully saturated rings. The second-order valence-electron chi connectivity index (χ2n) is 10.2. The maximum atomic E-state index is 6.36. The van der Waals surface area contributed by atoms with Crippen LogP contribution in [0.5, 0.6) is 11.5 Å². The molecule has 4 heteroatoms. The van der Waals surface area contributed by atoms with Gasteiger partial charge in [0.15, 0.2) is 0 Å². The molecule has 2 rings (SSSR count). The van der Waals surface area contributed by atoms with Crippen molar-refractivity contribution < 1.29 is 8.85 Å². The lowest BCUT2D eigenvalue weighted by atomic mass is 9.90. The summed E-state index contributed by atoms with van der Waals surface area (Å²) in [7, 11) is -1.05. The molecule has 0 radical (unpaired) electrons. The van der Waals surface area contributed by atoms with Crippen LogP contribution in [0.15, 0.2) is 36.4 Å². The molecule has 0 bridgehead atoms. The van der Waals surface area contributed by atoms with E-state index in [1.807, 2.05) is 0 Å². The second-order valence-corrected chi connectivity index (χ2v) is 13.1. The van der Waals surface area contributed by atoms with Crippen LogP contribution < -0.4 is 8.85 Å². The monoisotopic (exact) mass is 470 g/mol. The topological polar surface area (TPSA) is 18.5 Å². The fourth-order valence-electron chi connectivity index (χ4n) is 4.54. The molecule has 0 amide bonds. The maximum absolute atomic E-state index is 6.36. The van der Waals surface area contributed by atoms with E-state index in [4.69, 9.17) is 8.85 Å². The molecule has 0 unspecified atom stereocenters. The number of hydrogen-bond acceptors (Lipinski definition) is 2. The smallest absolute Gasteiger partial charge is 0.219 e. The predicted octanol–water partition coefficient (Wildman–Crippen LogP) is 7.42. The first kappa shape index (κ1) is 26.7. The minimum absolute atomic E-state index is 0.505. The molecule has 0 atom stereocenters. The van der Waals surface area contributed by atoms with Crippen LogP contribution in [0.3, 0.4) is 0 Å². The third-order valence-corrected chi connectivity index (χ3v) is 8.76. The van der Waals surface area contributed by atoms with Crippen LogP contribution in [0.4, 0.5) is 0 Å². The molecule has 0 spiro atoms. The highest BCUT2D eigenvalue weighted by Gasteiger charge is 2.16. The second kappa shape index (κ2) is 13.2. The largest absolute Gasteiger partial charge is 0.549 e. The minimum atomic E-state index is -0.523. The van der Waals surface area contributed by atoms with Crippen LogP contribution in [0.25, 0.3) is 0 Å². The standard InChI is InChI=1S/C28H46O2Si2/c1-19(2)23-13-11-15-25(27(23)21(5)6)29-31-17-9-10-18-32-30-26-16-12-14-24(20(3)4)28(26)22(7)8/h11-16,19-22H,9-10,17-18,31-32H2,1-8H3. The Morgan fingerprint density at radius 2 is 0.938 bits per heavy atom. The summed E-state index contributed by atoms with van der Waals surface area (Å²) in [6.07, 6.45) is 2.54. The molecule has 2 aromatic rings. The van der Waals surface area contributed by atoms with E-state index in [1.165, 1.54) is 47.2 Å². The van der Waals surface area contributed by atoms with Crippen molar-refractivity contribution in [2.75, 3.05) is 0 Å². The van der Waals surface area contributed by atoms with Gasteiger partial charge in [-0.25, -0.2) is 0 Å². The van der Waals surface area contributed by atoms with E-state index in [1.54, 1.807) is 0 Å². The van der Waals surface area contributed by atoms with Crippen molar-refractivity contribution in [2.24, 2.45) is 0 Å². The Balaban J connectivity index is 1.77. The van der Waals surface area contributed by atoms with Gasteiger partial charge < -0.3 is 8.85 Å². The summed E-state index contributed by atoms with van der Waals surface area (Å²) in [6, 6.07) is 15.7. The Morgan fingerprint density at radius 3 is 1.25 bits per heavy atom. The predicted molar refractivity (Wildman–Crippen MR) is 146 cm³/mol. The Labute approximate surface area is 202 Å². The normalized spacial score (nSPS) is 12.5. The van der Waals surface area contributed by atoms with E-state index < -0.39 is 19.5 Å². The first-order chi connectivity index (χ1) is 15.2. The van der Waals surface area contributed by atoms with Gasteiger partial charge in [0.05, 0.1) is 0 Å². The molecule has 2 aromatic carbocycles. The third kappa shape index (κ3) is 7.52. The molecule has 0 saturated heterocycles. The Bertz CT molecular complexity index is 759. The molecule has 0 aliphatic rings. The number of rotatable bonds is 13. The van der Waals surface area contributed by atoms with Gasteiger partial charge in [-0.15, -0.1) is 0 Å². The van der Waals surface area contributed by atoms with E-state index in [0.717, 1.165) is 11.5 Å². The quantitative estimate of drug-likeness (QED) is 0.224. The Kier molecular flexibility index (Phi) is 11.1. The zero-order valence-corrected chi connectivity index (χ0v) is 24.7. The van der Waals surface area contributed by atoms with Gasteiger partial charge in [-0.05, 0) is 70.1 Å². The van der Waals surface area contributed by atoms with Crippen LogP contribution in [0.1, 0.15) is 114 Å². The van der Waals surface area contributed by atoms with E-state index >= 15 is 0 Å². The summed E-state index contributed by atoms with van der Waals surface area (Å²) < 4.78 is 12.7. The molecule has 0 N–H and O–H groups in total. The fourth-order valence-corrected chi connectivity index (χ4v) is 6.89. The first-order valence-electron chi connectivity index (χ1n) is 12.7. The number of unbranched alkanes of at least 4 members (excludes halogenated alkanes) is 1. The van der Waals surface area contributed by atoms with Gasteiger partial charge in [0.25, 0.3) is 0 Å². The molecule has 0 aliphatic carbocycles. The molecule has 0 saturated carbocycles. The van der Waals surface area contributed by atoms with Gasteiger partial charge in [-0.3, -0.25) is 0 Å². The molecule has 178 valence electrons. The van der Waals surface area contributed by atoms with Crippen LogP contribution in [0, 0.1) is 0 Å². The van der Waals surface area contributed by atoms with Crippen molar-refractivity contribution in [1.82, 2.24) is 0 Å². The summed E-state index contributed by atoms with van der Waals surface area (Å²) in [5.41, 5.74) is 5.72. The fraction of sp³-hybridized carbons (Fsp3) is 0.571. The first-order valence-corrected chi connectivity index (χ1v) is 15.9. The van der Waals surface area contributed by atoms with Crippen LogP contribution >= 0.6 is 0 Å². The molecule has 0 aromatic heterocycles. The van der Waals surface area contributed by atoms with Gasteiger partial charge in [0.1, 0.15) is 11.5 Å². The van der Waals surface area contributed by atoms with Gasteiger partial charge in [0.2, 0.25) is 19.5 Å². The van der Waals surface area contributed by atoms with Crippen LogP contribution in [0.2, 0.25) is 12.1 Å². The number of hydrogen-bond donors (Lipinski definition) is 0. The van der Waals surface area contributed by atoms with Crippen molar-refractivity contribution in [3.05, 3.63) is 58.7 Å². The molecule has 0 aliphatic heterocycles. The Hall–Kier alpha value is -1.53. The SMILES string of the molecule is CC(C)c1cccc(O[SiH2]CCCC[SiH2]Oc2cccc(C(C)C)c2C(C)C)c1C(C)C. The lowest BCUT2D eigenvalue weighted by molar-refractivity contribution is 0.561. The third-order valence-electron chi connectivity index (χ3n) is 6.15. The molecule has 2 nitrogen and oxygen atoms in total. The number of benzene rings is 2. The summed E-state index contributed by atoms with van der Waals surface area (Å²) in [6.45, 7) is 18.2. The van der Waals surface area contributed by atoms with Gasteiger partial charge in [0, 0.05) is 0 Å².